The van der Waals surface area contributed by atoms with Crippen molar-refractivity contribution in [2.45, 2.75) is 13.8 Å². The van der Waals surface area contributed by atoms with Crippen molar-refractivity contribution in [1.29, 1.82) is 0 Å². The van der Waals surface area contributed by atoms with Gasteiger partial charge in [0.1, 0.15) is 11.4 Å². The first-order valence-corrected chi connectivity index (χ1v) is 8.92. The van der Waals surface area contributed by atoms with Crippen LogP contribution in [0.25, 0.3) is 11.4 Å². The molecular weight excluding hydrogens is 358 g/mol. The lowest BCUT2D eigenvalue weighted by Crippen LogP contribution is -2.11. The van der Waals surface area contributed by atoms with Crippen LogP contribution in [0.3, 0.4) is 0 Å². The van der Waals surface area contributed by atoms with Gasteiger partial charge in [0.2, 0.25) is 6.79 Å². The summed E-state index contributed by atoms with van der Waals surface area (Å²) >= 11 is 0. The molecule has 0 bridgehead atoms. The summed E-state index contributed by atoms with van der Waals surface area (Å²) in [7, 11) is 0. The second-order valence-electron chi connectivity index (χ2n) is 6.24. The quantitative estimate of drug-likeness (QED) is 0.670. The Labute approximate surface area is 162 Å². The van der Waals surface area contributed by atoms with E-state index in [0.717, 1.165) is 11.1 Å². The smallest absolute Gasteiger partial charge is 0.343 e. The molecule has 7 nitrogen and oxygen atoms in total. The van der Waals surface area contributed by atoms with Crippen LogP contribution >= 0.6 is 0 Å². The normalized spacial score (nSPS) is 11.9. The number of nitrogens with one attached hydrogen (secondary N) is 1. The Kier molecular flexibility index (Phi) is 4.80. The minimum Gasteiger partial charge on any atom is -0.462 e. The maximum Gasteiger partial charge on any atom is 0.343 e. The predicted molar refractivity (Wildman–Crippen MR) is 104 cm³/mol. The Balaban J connectivity index is 1.73. The van der Waals surface area contributed by atoms with Gasteiger partial charge in [0.15, 0.2) is 17.3 Å². The van der Waals surface area contributed by atoms with E-state index in [9.17, 15) is 4.79 Å². The van der Waals surface area contributed by atoms with E-state index >= 15 is 0 Å². The number of hydrogen-bond donors (Lipinski definition) is 1. The number of aryl methyl sites for hydroxylation is 1. The summed E-state index contributed by atoms with van der Waals surface area (Å²) in [5.41, 5.74) is 2.93. The molecule has 0 spiro atoms. The first-order chi connectivity index (χ1) is 13.6. The number of anilines is 2. The molecule has 0 amide bonds. The standard InChI is InChI=1S/C21H19N3O4/c1-3-26-21(25)16-11-22-19(14-6-4-5-13(2)9-14)24-20(16)23-15-7-8-17-18(10-15)28-12-27-17/h4-11H,3,12H2,1-2H3,(H,22,23,24). The third-order valence-corrected chi connectivity index (χ3v) is 4.20. The molecule has 0 saturated carbocycles. The SMILES string of the molecule is CCOC(=O)c1cnc(-c2cccc(C)c2)nc1Nc1ccc2c(c1)OCO2. The number of benzene rings is 2. The molecule has 1 aliphatic rings. The Morgan fingerprint density at radius 2 is 2.04 bits per heavy atom. The maximum absolute atomic E-state index is 12.4. The van der Waals surface area contributed by atoms with Crippen molar-refractivity contribution < 1.29 is 19.0 Å². The van der Waals surface area contributed by atoms with Crippen LogP contribution < -0.4 is 14.8 Å². The Hall–Kier alpha value is -3.61. The summed E-state index contributed by atoms with van der Waals surface area (Å²) < 4.78 is 15.9. The number of fused-ring (bicyclic) bond motifs is 1. The minimum atomic E-state index is -0.485. The highest BCUT2D eigenvalue weighted by Gasteiger charge is 2.19. The molecule has 0 aliphatic carbocycles. The van der Waals surface area contributed by atoms with Gasteiger partial charge >= 0.3 is 5.97 Å². The zero-order valence-corrected chi connectivity index (χ0v) is 15.6. The number of hydrogen-bond acceptors (Lipinski definition) is 7. The Morgan fingerprint density at radius 3 is 2.86 bits per heavy atom. The van der Waals surface area contributed by atoms with Crippen LogP contribution in [-0.2, 0) is 4.74 Å². The lowest BCUT2D eigenvalue weighted by atomic mass is 10.1. The highest BCUT2D eigenvalue weighted by Crippen LogP contribution is 2.35. The Bertz CT molecular complexity index is 1040. The Morgan fingerprint density at radius 1 is 1.18 bits per heavy atom. The molecular formula is C21H19N3O4. The van der Waals surface area contributed by atoms with E-state index in [0.29, 0.717) is 28.8 Å². The summed E-state index contributed by atoms with van der Waals surface area (Å²) in [6.07, 6.45) is 1.48. The monoisotopic (exact) mass is 377 g/mol. The average Bonchev–Trinajstić information content (AvgIpc) is 3.16. The largest absolute Gasteiger partial charge is 0.462 e. The molecule has 28 heavy (non-hydrogen) atoms. The van der Waals surface area contributed by atoms with E-state index < -0.39 is 5.97 Å². The lowest BCUT2D eigenvalue weighted by Gasteiger charge is -2.12. The molecule has 0 saturated heterocycles. The van der Waals surface area contributed by atoms with Crippen molar-refractivity contribution in [3.8, 4) is 22.9 Å². The van der Waals surface area contributed by atoms with E-state index in [4.69, 9.17) is 14.2 Å². The molecule has 142 valence electrons. The summed E-state index contributed by atoms with van der Waals surface area (Å²) in [4.78, 5) is 21.3. The fraction of sp³-hybridized carbons (Fsp3) is 0.190. The van der Waals surface area contributed by atoms with E-state index in [1.807, 2.05) is 37.3 Å². The molecule has 3 aromatic rings. The fourth-order valence-electron chi connectivity index (χ4n) is 2.87. The van der Waals surface area contributed by atoms with Crippen LogP contribution in [0.1, 0.15) is 22.8 Å². The van der Waals surface area contributed by atoms with E-state index in [1.165, 1.54) is 6.20 Å². The maximum atomic E-state index is 12.4. The molecule has 0 fully saturated rings. The highest BCUT2D eigenvalue weighted by atomic mass is 16.7. The molecule has 2 heterocycles. The molecule has 7 heteroatoms. The molecule has 1 aliphatic heterocycles. The number of ether oxygens (including phenoxy) is 3. The number of esters is 1. The summed E-state index contributed by atoms with van der Waals surface area (Å²) in [6, 6.07) is 13.3. The zero-order valence-electron chi connectivity index (χ0n) is 15.6. The van der Waals surface area contributed by atoms with Crippen molar-refractivity contribution in [2.24, 2.45) is 0 Å². The van der Waals surface area contributed by atoms with Crippen LogP contribution in [0.2, 0.25) is 0 Å². The van der Waals surface area contributed by atoms with Gasteiger partial charge in [-0.1, -0.05) is 23.8 Å². The topological polar surface area (TPSA) is 82.6 Å². The second kappa shape index (κ2) is 7.56. The van der Waals surface area contributed by atoms with Gasteiger partial charge in [-0.3, -0.25) is 0 Å². The van der Waals surface area contributed by atoms with Gasteiger partial charge in [-0.2, -0.15) is 0 Å². The fourth-order valence-corrected chi connectivity index (χ4v) is 2.87. The third-order valence-electron chi connectivity index (χ3n) is 4.20. The van der Waals surface area contributed by atoms with Crippen LogP contribution in [0.5, 0.6) is 11.5 Å². The van der Waals surface area contributed by atoms with Gasteiger partial charge in [0, 0.05) is 23.5 Å². The number of aromatic nitrogens is 2. The van der Waals surface area contributed by atoms with Crippen LogP contribution in [0.4, 0.5) is 11.5 Å². The first kappa shape index (κ1) is 17.8. The summed E-state index contributed by atoms with van der Waals surface area (Å²) in [5.74, 6) is 1.71. The number of rotatable bonds is 5. The molecule has 1 N–H and O–H groups in total. The number of carbonyl (C=O) groups is 1. The van der Waals surface area contributed by atoms with Crippen molar-refractivity contribution in [1.82, 2.24) is 9.97 Å². The highest BCUT2D eigenvalue weighted by molar-refractivity contribution is 5.95. The predicted octanol–water partition coefficient (Wildman–Crippen LogP) is 4.10. The van der Waals surface area contributed by atoms with Crippen molar-refractivity contribution >= 4 is 17.5 Å². The van der Waals surface area contributed by atoms with Gasteiger partial charge in [-0.25, -0.2) is 14.8 Å². The van der Waals surface area contributed by atoms with E-state index in [-0.39, 0.29) is 19.0 Å². The van der Waals surface area contributed by atoms with Crippen molar-refractivity contribution in [2.75, 3.05) is 18.7 Å². The van der Waals surface area contributed by atoms with Gasteiger partial charge in [0.25, 0.3) is 0 Å². The van der Waals surface area contributed by atoms with E-state index in [2.05, 4.69) is 15.3 Å². The second-order valence-corrected chi connectivity index (χ2v) is 6.24. The number of carbonyl (C=O) groups excluding carboxylic acids is 1. The minimum absolute atomic E-state index is 0.192. The molecule has 0 radical (unpaired) electrons. The zero-order chi connectivity index (χ0) is 19.5. The van der Waals surface area contributed by atoms with Gasteiger partial charge in [0.05, 0.1) is 6.61 Å². The molecule has 4 rings (SSSR count). The van der Waals surface area contributed by atoms with Gasteiger partial charge in [-0.05, 0) is 32.0 Å². The lowest BCUT2D eigenvalue weighted by molar-refractivity contribution is 0.0526. The van der Waals surface area contributed by atoms with Crippen molar-refractivity contribution in [3.63, 3.8) is 0 Å². The van der Waals surface area contributed by atoms with E-state index in [1.54, 1.807) is 19.1 Å². The van der Waals surface area contributed by atoms with Crippen LogP contribution in [0.15, 0.2) is 48.7 Å². The summed E-state index contributed by atoms with van der Waals surface area (Å²) in [6.45, 7) is 4.22. The average molecular weight is 377 g/mol. The molecule has 1 aromatic heterocycles. The van der Waals surface area contributed by atoms with Crippen LogP contribution in [0, 0.1) is 6.92 Å². The molecule has 0 atom stereocenters. The van der Waals surface area contributed by atoms with Gasteiger partial charge < -0.3 is 19.5 Å². The van der Waals surface area contributed by atoms with Crippen molar-refractivity contribution in [3.05, 3.63) is 59.8 Å². The first-order valence-electron chi connectivity index (χ1n) is 8.92. The summed E-state index contributed by atoms with van der Waals surface area (Å²) in [5, 5.41) is 3.18. The number of nitrogens with zero attached hydrogens (tertiary/aromatic N) is 2. The third kappa shape index (κ3) is 3.59. The van der Waals surface area contributed by atoms with Gasteiger partial charge in [-0.15, -0.1) is 0 Å². The molecule has 2 aromatic carbocycles. The van der Waals surface area contributed by atoms with Crippen LogP contribution in [-0.4, -0.2) is 29.3 Å². The molecule has 0 unspecified atom stereocenters.